The van der Waals surface area contributed by atoms with Gasteiger partial charge in [-0.25, -0.2) is 9.36 Å². The zero-order chi connectivity index (χ0) is 42.1. The van der Waals surface area contributed by atoms with Crippen LogP contribution in [0.25, 0.3) is 0 Å². The molecule has 3 atom stereocenters. The number of carbonyl (C=O) groups is 3. The van der Waals surface area contributed by atoms with Crippen molar-refractivity contribution in [2.45, 2.75) is 199 Å². The number of carboxylic acids is 1. The summed E-state index contributed by atoms with van der Waals surface area (Å²) in [5, 5.41) is 21.8. The number of aliphatic hydroxyl groups is 1. The summed E-state index contributed by atoms with van der Waals surface area (Å²) >= 11 is 0. The molecule has 12 heteroatoms. The average molecular weight is 826 g/mol. The van der Waals surface area contributed by atoms with E-state index in [1.807, 2.05) is 0 Å². The lowest BCUT2D eigenvalue weighted by atomic mass is 10.1. The first kappa shape index (κ1) is 54.4. The van der Waals surface area contributed by atoms with Crippen LogP contribution in [0.3, 0.4) is 0 Å². The molecule has 330 valence electrons. The van der Waals surface area contributed by atoms with Crippen molar-refractivity contribution in [3.05, 3.63) is 48.6 Å². The van der Waals surface area contributed by atoms with Crippen LogP contribution in [0.2, 0.25) is 0 Å². The second-order valence-electron chi connectivity index (χ2n) is 14.9. The molecule has 0 heterocycles. The molecule has 0 spiro atoms. The van der Waals surface area contributed by atoms with E-state index in [0.29, 0.717) is 12.8 Å². The van der Waals surface area contributed by atoms with Gasteiger partial charge in [0.2, 0.25) is 5.91 Å². The Morgan fingerprint density at radius 3 is 1.47 bits per heavy atom. The molecule has 3 unspecified atom stereocenters. The van der Waals surface area contributed by atoms with E-state index in [2.05, 4.69) is 67.8 Å². The quantitative estimate of drug-likeness (QED) is 0.0201. The number of allylic oxidation sites excluding steroid dienone is 8. The number of rotatable bonds is 41. The fourth-order valence-corrected chi connectivity index (χ4v) is 6.66. The number of hydrogen-bond acceptors (Lipinski definition) is 8. The number of carboxylic acid groups (broad SMARTS) is 1. The third kappa shape index (κ3) is 40.0. The number of ether oxygens (including phenoxy) is 1. The minimum Gasteiger partial charge on any atom is -0.480 e. The van der Waals surface area contributed by atoms with E-state index in [4.69, 9.17) is 13.8 Å². The molecule has 1 amide bonds. The molecule has 4 N–H and O–H groups in total. The Hall–Kier alpha value is -2.56. The lowest BCUT2D eigenvalue weighted by Crippen LogP contribution is -2.43. The van der Waals surface area contributed by atoms with E-state index in [1.165, 1.54) is 77.0 Å². The summed E-state index contributed by atoms with van der Waals surface area (Å²) in [5.74, 6) is -2.39. The van der Waals surface area contributed by atoms with Crippen LogP contribution in [-0.4, -0.2) is 64.9 Å². The lowest BCUT2D eigenvalue weighted by molar-refractivity contribution is -0.147. The van der Waals surface area contributed by atoms with Gasteiger partial charge in [-0.1, -0.05) is 165 Å². The van der Waals surface area contributed by atoms with Crippen molar-refractivity contribution in [3.63, 3.8) is 0 Å². The second-order valence-corrected chi connectivity index (χ2v) is 16.3. The van der Waals surface area contributed by atoms with Crippen LogP contribution in [0, 0.1) is 0 Å². The number of esters is 1. The maximum absolute atomic E-state index is 12.2. The number of nitrogens with one attached hydrogen (secondary N) is 1. The van der Waals surface area contributed by atoms with E-state index >= 15 is 0 Å². The number of unbranched alkanes of at least 4 members (excludes halogenated alkanes) is 19. The molecule has 0 fully saturated rings. The van der Waals surface area contributed by atoms with Gasteiger partial charge in [0, 0.05) is 12.8 Å². The summed E-state index contributed by atoms with van der Waals surface area (Å²) in [4.78, 5) is 45.8. The van der Waals surface area contributed by atoms with Gasteiger partial charge in [-0.2, -0.15) is 0 Å². The van der Waals surface area contributed by atoms with E-state index in [-0.39, 0.29) is 12.8 Å². The molecule has 0 aromatic rings. The molecule has 57 heavy (non-hydrogen) atoms. The lowest BCUT2D eigenvalue weighted by Gasteiger charge is -2.18. The Morgan fingerprint density at radius 1 is 0.561 bits per heavy atom. The van der Waals surface area contributed by atoms with Gasteiger partial charge in [-0.15, -0.1) is 0 Å². The fourth-order valence-electron chi connectivity index (χ4n) is 5.89. The van der Waals surface area contributed by atoms with Crippen LogP contribution in [-0.2, 0) is 32.7 Å². The predicted molar refractivity (Wildman–Crippen MR) is 231 cm³/mol. The normalized spacial score (nSPS) is 14.2. The summed E-state index contributed by atoms with van der Waals surface area (Å²) in [6, 6.07) is -1.54. The van der Waals surface area contributed by atoms with Crippen molar-refractivity contribution in [2.24, 2.45) is 0 Å². The van der Waals surface area contributed by atoms with Crippen LogP contribution in [0.4, 0.5) is 0 Å². The highest BCUT2D eigenvalue weighted by atomic mass is 31.2. The molecule has 0 aliphatic rings. The minimum atomic E-state index is -4.75. The Kier molecular flexibility index (Phi) is 38.4. The summed E-state index contributed by atoms with van der Waals surface area (Å²) < 4.78 is 26.8. The highest BCUT2D eigenvalue weighted by Gasteiger charge is 2.28. The van der Waals surface area contributed by atoms with Crippen molar-refractivity contribution >= 4 is 25.7 Å². The van der Waals surface area contributed by atoms with E-state index < -0.39 is 57.6 Å². The number of aliphatic hydroxyl groups excluding tert-OH is 1. The number of hydrogen-bond donors (Lipinski definition) is 4. The molecule has 0 aromatic heterocycles. The van der Waals surface area contributed by atoms with E-state index in [9.17, 15) is 34.1 Å². The molecule has 0 aliphatic carbocycles. The molecule has 0 aromatic carbocycles. The Morgan fingerprint density at radius 2 is 0.965 bits per heavy atom. The van der Waals surface area contributed by atoms with Crippen molar-refractivity contribution in [1.29, 1.82) is 0 Å². The van der Waals surface area contributed by atoms with Crippen molar-refractivity contribution in [3.8, 4) is 0 Å². The number of amides is 1. The maximum Gasteiger partial charge on any atom is 0.472 e. The Labute approximate surface area is 345 Å². The van der Waals surface area contributed by atoms with E-state index in [1.54, 1.807) is 0 Å². The number of carbonyl (C=O) groups excluding carboxylic acids is 2. The van der Waals surface area contributed by atoms with Crippen LogP contribution in [0.1, 0.15) is 187 Å². The fraction of sp³-hybridized carbons (Fsp3) is 0.756. The summed E-state index contributed by atoms with van der Waals surface area (Å²) in [7, 11) is -4.75. The zero-order valence-corrected chi connectivity index (χ0v) is 36.5. The monoisotopic (exact) mass is 826 g/mol. The van der Waals surface area contributed by atoms with Gasteiger partial charge in [0.1, 0.15) is 12.7 Å². The molecule has 0 aliphatic heterocycles. The second kappa shape index (κ2) is 40.2. The van der Waals surface area contributed by atoms with Crippen LogP contribution in [0.15, 0.2) is 48.6 Å². The minimum absolute atomic E-state index is 0.146. The topological polar surface area (TPSA) is 169 Å². The molecular formula is C45H80NO10P. The molecule has 0 saturated carbocycles. The first-order chi connectivity index (χ1) is 27.6. The molecule has 0 rings (SSSR count). The number of aliphatic carboxylic acids is 1. The van der Waals surface area contributed by atoms with Crippen LogP contribution < -0.4 is 5.32 Å². The Bertz CT molecular complexity index is 1150. The van der Waals surface area contributed by atoms with Crippen molar-refractivity contribution in [2.75, 3.05) is 19.8 Å². The highest BCUT2D eigenvalue weighted by Crippen LogP contribution is 2.43. The van der Waals surface area contributed by atoms with E-state index in [0.717, 1.165) is 70.6 Å². The highest BCUT2D eigenvalue weighted by molar-refractivity contribution is 7.47. The number of phosphoric acid groups is 1. The van der Waals surface area contributed by atoms with Gasteiger partial charge in [0.15, 0.2) is 6.04 Å². The average Bonchev–Trinajstić information content (AvgIpc) is 3.18. The van der Waals surface area contributed by atoms with Gasteiger partial charge < -0.3 is 25.2 Å². The standard InChI is InChI=1S/C45H80NO10P/c1-3-5-7-9-11-13-15-16-17-18-19-20-21-22-23-24-25-26-27-29-31-33-35-37-44(49)54-38-41(47)39-55-57(52,53)56-40-42(45(50)51)46-43(48)36-34-32-30-28-14-12-10-8-6-4-2/h11,13,16-17,19-20,22-23,41-42,47H,3-10,12,14-15,18,21,24-40H2,1-2H3,(H,46,48)(H,50,51)(H,52,53)/b13-11-,17-16-,20-19-,23-22-. The summed E-state index contributed by atoms with van der Waals surface area (Å²) in [6.45, 7) is 2.52. The van der Waals surface area contributed by atoms with Crippen LogP contribution in [0.5, 0.6) is 0 Å². The first-order valence-corrected chi connectivity index (χ1v) is 23.7. The van der Waals surface area contributed by atoms with Crippen molar-refractivity contribution in [1.82, 2.24) is 5.32 Å². The van der Waals surface area contributed by atoms with Gasteiger partial charge in [0.25, 0.3) is 0 Å². The number of phosphoric ester groups is 1. The smallest absolute Gasteiger partial charge is 0.472 e. The molecule has 0 bridgehead atoms. The van der Waals surface area contributed by atoms with Gasteiger partial charge in [0.05, 0.1) is 13.2 Å². The third-order valence-electron chi connectivity index (χ3n) is 9.37. The maximum atomic E-state index is 12.2. The van der Waals surface area contributed by atoms with Crippen LogP contribution >= 0.6 is 7.82 Å². The third-order valence-corrected chi connectivity index (χ3v) is 10.3. The first-order valence-electron chi connectivity index (χ1n) is 22.2. The summed E-state index contributed by atoms with van der Waals surface area (Å²) in [5.41, 5.74) is 0. The molecule has 0 saturated heterocycles. The van der Waals surface area contributed by atoms with Gasteiger partial charge >= 0.3 is 19.8 Å². The molecule has 11 nitrogen and oxygen atoms in total. The van der Waals surface area contributed by atoms with Gasteiger partial charge in [-0.3, -0.25) is 18.6 Å². The molecular weight excluding hydrogens is 745 g/mol. The SMILES string of the molecule is CCCCC/C=C\C/C=C\C/C=C\C/C=C\CCCCCCCCCC(=O)OCC(O)COP(=O)(O)OCC(NC(=O)CCCCCCCCCCCC)C(=O)O. The Balaban J connectivity index is 3.87. The predicted octanol–water partition coefficient (Wildman–Crippen LogP) is 11.4. The van der Waals surface area contributed by atoms with Crippen molar-refractivity contribution < 1.29 is 47.8 Å². The van der Waals surface area contributed by atoms with Gasteiger partial charge in [-0.05, 0) is 57.8 Å². The zero-order valence-electron chi connectivity index (χ0n) is 35.6. The molecule has 0 radical (unpaired) electrons. The largest absolute Gasteiger partial charge is 0.480 e. The summed E-state index contributed by atoms with van der Waals surface area (Å²) in [6.07, 6.45) is 44.3.